The van der Waals surface area contributed by atoms with Crippen molar-refractivity contribution in [2.75, 3.05) is 13.6 Å². The molecule has 94 valence electrons. The van der Waals surface area contributed by atoms with E-state index >= 15 is 0 Å². The maximum Gasteiger partial charge on any atom is 0.410 e. The van der Waals surface area contributed by atoms with Crippen LogP contribution in [-0.2, 0) is 4.74 Å². The summed E-state index contributed by atoms with van der Waals surface area (Å²) in [7, 11) is 1.80. The van der Waals surface area contributed by atoms with E-state index in [1.807, 2.05) is 20.8 Å². The molecule has 16 heavy (non-hydrogen) atoms. The molecule has 0 atom stereocenters. The summed E-state index contributed by atoms with van der Waals surface area (Å²) in [6, 6.07) is 0. The lowest BCUT2D eigenvalue weighted by Crippen LogP contribution is -2.53. The van der Waals surface area contributed by atoms with Crippen LogP contribution in [0.3, 0.4) is 0 Å². The van der Waals surface area contributed by atoms with Gasteiger partial charge in [0.2, 0.25) is 0 Å². The van der Waals surface area contributed by atoms with E-state index in [9.17, 15) is 4.79 Å². The molecule has 0 aromatic carbocycles. The molecule has 0 saturated heterocycles. The summed E-state index contributed by atoms with van der Waals surface area (Å²) in [5.74, 6) is 0. The number of ether oxygens (including phenoxy) is 1. The van der Waals surface area contributed by atoms with E-state index < -0.39 is 5.60 Å². The van der Waals surface area contributed by atoms with Crippen LogP contribution in [0.5, 0.6) is 0 Å². The van der Waals surface area contributed by atoms with E-state index in [2.05, 4.69) is 0 Å². The van der Waals surface area contributed by atoms with E-state index in [-0.39, 0.29) is 11.6 Å². The Morgan fingerprint density at radius 3 is 2.25 bits per heavy atom. The number of amides is 1. The van der Waals surface area contributed by atoms with Crippen LogP contribution in [0.25, 0.3) is 0 Å². The smallest absolute Gasteiger partial charge is 0.410 e. The van der Waals surface area contributed by atoms with Crippen molar-refractivity contribution < 1.29 is 9.53 Å². The van der Waals surface area contributed by atoms with E-state index in [0.717, 1.165) is 25.7 Å². The van der Waals surface area contributed by atoms with Gasteiger partial charge in [0.15, 0.2) is 0 Å². The maximum absolute atomic E-state index is 12.0. The zero-order chi connectivity index (χ0) is 12.4. The van der Waals surface area contributed by atoms with E-state index in [1.165, 1.54) is 0 Å². The van der Waals surface area contributed by atoms with Crippen molar-refractivity contribution >= 4 is 6.09 Å². The molecule has 0 aliphatic heterocycles. The molecule has 4 heteroatoms. The molecule has 0 aromatic rings. The van der Waals surface area contributed by atoms with Gasteiger partial charge in [-0.2, -0.15) is 0 Å². The van der Waals surface area contributed by atoms with Crippen molar-refractivity contribution in [2.24, 2.45) is 5.73 Å². The highest BCUT2D eigenvalue weighted by Crippen LogP contribution is 2.34. The molecule has 4 nitrogen and oxygen atoms in total. The van der Waals surface area contributed by atoms with Crippen LogP contribution in [0, 0.1) is 0 Å². The summed E-state index contributed by atoms with van der Waals surface area (Å²) in [6.45, 7) is 6.15. The number of nitrogens with two attached hydrogens (primary N) is 1. The molecule has 1 saturated carbocycles. The molecule has 1 fully saturated rings. The van der Waals surface area contributed by atoms with Gasteiger partial charge in [-0.25, -0.2) is 4.79 Å². The van der Waals surface area contributed by atoms with Crippen LogP contribution in [0.4, 0.5) is 4.79 Å². The van der Waals surface area contributed by atoms with Crippen LogP contribution < -0.4 is 5.73 Å². The van der Waals surface area contributed by atoms with Crippen molar-refractivity contribution in [2.45, 2.75) is 57.6 Å². The van der Waals surface area contributed by atoms with Crippen LogP contribution >= 0.6 is 0 Å². The third-order valence-corrected chi connectivity index (χ3v) is 3.29. The van der Waals surface area contributed by atoms with Crippen LogP contribution in [0.2, 0.25) is 0 Å². The number of likely N-dealkylation sites (N-methyl/N-ethyl adjacent to an activating group) is 1. The third kappa shape index (κ3) is 2.88. The van der Waals surface area contributed by atoms with Gasteiger partial charge < -0.3 is 15.4 Å². The first-order valence-corrected chi connectivity index (χ1v) is 5.98. The highest BCUT2D eigenvalue weighted by Gasteiger charge is 2.40. The molecular formula is C12H24N2O2. The fourth-order valence-corrected chi connectivity index (χ4v) is 2.23. The van der Waals surface area contributed by atoms with Crippen molar-refractivity contribution in [3.8, 4) is 0 Å². The van der Waals surface area contributed by atoms with Gasteiger partial charge in [0.25, 0.3) is 0 Å². The number of hydrogen-bond acceptors (Lipinski definition) is 3. The lowest BCUT2D eigenvalue weighted by atomic mass is 9.96. The van der Waals surface area contributed by atoms with Crippen molar-refractivity contribution in [1.82, 2.24) is 4.90 Å². The Morgan fingerprint density at radius 1 is 1.38 bits per heavy atom. The van der Waals surface area contributed by atoms with E-state index in [4.69, 9.17) is 10.5 Å². The first-order chi connectivity index (χ1) is 7.31. The summed E-state index contributed by atoms with van der Waals surface area (Å²) in [5.41, 5.74) is 5.20. The monoisotopic (exact) mass is 228 g/mol. The summed E-state index contributed by atoms with van der Waals surface area (Å²) < 4.78 is 5.37. The van der Waals surface area contributed by atoms with Gasteiger partial charge >= 0.3 is 6.09 Å². The van der Waals surface area contributed by atoms with Gasteiger partial charge in [-0.3, -0.25) is 0 Å². The number of nitrogens with zero attached hydrogens (tertiary/aromatic N) is 1. The molecule has 0 aromatic heterocycles. The molecule has 0 heterocycles. The van der Waals surface area contributed by atoms with E-state index in [0.29, 0.717) is 6.54 Å². The van der Waals surface area contributed by atoms with Crippen LogP contribution in [0.1, 0.15) is 46.5 Å². The second-order valence-corrected chi connectivity index (χ2v) is 5.67. The van der Waals surface area contributed by atoms with Gasteiger partial charge in [-0.15, -0.1) is 0 Å². The molecule has 0 unspecified atom stereocenters. The number of hydrogen-bond donors (Lipinski definition) is 1. The fourth-order valence-electron chi connectivity index (χ4n) is 2.23. The average molecular weight is 228 g/mol. The quantitative estimate of drug-likeness (QED) is 0.787. The molecule has 1 rings (SSSR count). The molecule has 1 aliphatic carbocycles. The Morgan fingerprint density at radius 2 is 1.88 bits per heavy atom. The van der Waals surface area contributed by atoms with E-state index in [1.54, 1.807) is 11.9 Å². The predicted molar refractivity (Wildman–Crippen MR) is 64.3 cm³/mol. The van der Waals surface area contributed by atoms with Gasteiger partial charge in [-0.05, 0) is 33.6 Å². The van der Waals surface area contributed by atoms with Gasteiger partial charge in [-0.1, -0.05) is 12.8 Å². The minimum absolute atomic E-state index is 0.178. The standard InChI is InChI=1S/C12H24N2O2/c1-11(2,3)16-10(15)14(4)12(9-13)7-5-6-8-12/h5-9,13H2,1-4H3. The highest BCUT2D eigenvalue weighted by molar-refractivity contribution is 5.69. The summed E-state index contributed by atoms with van der Waals surface area (Å²) in [4.78, 5) is 13.7. The SMILES string of the molecule is CN(C(=O)OC(C)(C)C)C1(CN)CCCC1. The molecular weight excluding hydrogens is 204 g/mol. The predicted octanol–water partition coefficient (Wildman–Crippen LogP) is 2.12. The first-order valence-electron chi connectivity index (χ1n) is 5.98. The number of carbonyl (C=O) groups is 1. The molecule has 2 N–H and O–H groups in total. The first kappa shape index (κ1) is 13.3. The summed E-state index contributed by atoms with van der Waals surface area (Å²) in [6.07, 6.45) is 3.99. The topological polar surface area (TPSA) is 55.6 Å². The Bertz CT molecular complexity index is 252. The highest BCUT2D eigenvalue weighted by atomic mass is 16.6. The molecule has 0 radical (unpaired) electrons. The largest absolute Gasteiger partial charge is 0.444 e. The Hall–Kier alpha value is -0.770. The minimum atomic E-state index is -0.445. The fraction of sp³-hybridized carbons (Fsp3) is 0.917. The molecule has 1 aliphatic rings. The van der Waals surface area contributed by atoms with Gasteiger partial charge in [0.1, 0.15) is 5.60 Å². The molecule has 0 spiro atoms. The summed E-state index contributed by atoms with van der Waals surface area (Å²) >= 11 is 0. The van der Waals surface area contributed by atoms with Gasteiger partial charge in [0, 0.05) is 13.6 Å². The van der Waals surface area contributed by atoms with Crippen molar-refractivity contribution in [3.05, 3.63) is 0 Å². The van der Waals surface area contributed by atoms with Crippen LogP contribution in [-0.4, -0.2) is 35.7 Å². The van der Waals surface area contributed by atoms with Crippen molar-refractivity contribution in [3.63, 3.8) is 0 Å². The number of carbonyl (C=O) groups excluding carboxylic acids is 1. The zero-order valence-corrected chi connectivity index (χ0v) is 10.9. The minimum Gasteiger partial charge on any atom is -0.444 e. The lowest BCUT2D eigenvalue weighted by Gasteiger charge is -2.38. The Labute approximate surface area is 98.1 Å². The van der Waals surface area contributed by atoms with Crippen LogP contribution in [0.15, 0.2) is 0 Å². The Balaban J connectivity index is 2.68. The van der Waals surface area contributed by atoms with Gasteiger partial charge in [0.05, 0.1) is 5.54 Å². The zero-order valence-electron chi connectivity index (χ0n) is 10.9. The van der Waals surface area contributed by atoms with Crippen molar-refractivity contribution in [1.29, 1.82) is 0 Å². The number of rotatable bonds is 2. The maximum atomic E-state index is 12.0. The third-order valence-electron chi connectivity index (χ3n) is 3.29. The second kappa shape index (κ2) is 4.62. The molecule has 1 amide bonds. The Kier molecular flexibility index (Phi) is 3.84. The second-order valence-electron chi connectivity index (χ2n) is 5.67. The lowest BCUT2D eigenvalue weighted by molar-refractivity contribution is 0.00739. The molecule has 0 bridgehead atoms. The summed E-state index contributed by atoms with van der Waals surface area (Å²) in [5, 5.41) is 0. The normalized spacial score (nSPS) is 19.6. The average Bonchev–Trinajstić information content (AvgIpc) is 2.63.